The zero-order chi connectivity index (χ0) is 31.0. The molecule has 0 aliphatic carbocycles. The van der Waals surface area contributed by atoms with Crippen LogP contribution in [0.2, 0.25) is 0 Å². The van der Waals surface area contributed by atoms with Gasteiger partial charge in [0.05, 0.1) is 24.7 Å². The van der Waals surface area contributed by atoms with Gasteiger partial charge in [-0.2, -0.15) is 17.9 Å². The fraction of sp³-hybridized carbons (Fsp3) is 0.280. The molecule has 42 heavy (non-hydrogen) atoms. The molecule has 3 aromatic rings. The molecule has 2 heterocycles. The Labute approximate surface area is 235 Å². The fourth-order valence-electron chi connectivity index (χ4n) is 4.46. The normalized spacial score (nSPS) is 16.5. The highest BCUT2D eigenvalue weighted by atomic mass is 32.2. The van der Waals surface area contributed by atoms with Crippen molar-refractivity contribution >= 4 is 33.3 Å². The predicted octanol–water partition coefficient (Wildman–Crippen LogP) is 1.44. The number of carbonyl (C=O) groups excluding carboxylic acids is 2. The molecule has 4 rings (SSSR count). The number of nitrogens with zero attached hydrogens (tertiary/aromatic N) is 1. The number of amides is 2. The van der Waals surface area contributed by atoms with Crippen LogP contribution in [-0.2, 0) is 38.1 Å². The number of nitrogens with one attached hydrogen (secondary N) is 4. The number of sulfonamides is 1. The number of aryl methyl sites for hydroxylation is 1. The molecule has 0 fully saturated rings. The number of aromatic amines is 1. The lowest BCUT2D eigenvalue weighted by molar-refractivity contribution is -0.194. The van der Waals surface area contributed by atoms with Crippen molar-refractivity contribution in [2.24, 2.45) is 0 Å². The van der Waals surface area contributed by atoms with Gasteiger partial charge in [-0.15, -0.1) is 0 Å². The van der Waals surface area contributed by atoms with E-state index in [-0.39, 0.29) is 18.7 Å². The fourth-order valence-corrected chi connectivity index (χ4v) is 5.79. The first-order valence-electron chi connectivity index (χ1n) is 12.0. The Bertz CT molecular complexity index is 1790. The molecule has 224 valence electrons. The SMILES string of the molecule is COc1ccc(CCn2c3c(c(=O)[nH]c2=O)[C@@](NS(=O)(=O)c2ccc(NC(C)=O)cc2)(C(F)(F)F)C(=O)N3)cc1OC. The lowest BCUT2D eigenvalue weighted by Gasteiger charge is -2.29. The van der Waals surface area contributed by atoms with E-state index in [0.717, 1.165) is 24.3 Å². The van der Waals surface area contributed by atoms with Gasteiger partial charge in [-0.05, 0) is 48.4 Å². The number of hydrogen-bond acceptors (Lipinski definition) is 8. The van der Waals surface area contributed by atoms with Gasteiger partial charge in [0.15, 0.2) is 11.5 Å². The summed E-state index contributed by atoms with van der Waals surface area (Å²) in [5, 5.41) is 4.27. The second kappa shape index (κ2) is 11.0. The highest BCUT2D eigenvalue weighted by Crippen LogP contribution is 2.46. The highest BCUT2D eigenvalue weighted by Gasteiger charge is 2.69. The summed E-state index contributed by atoms with van der Waals surface area (Å²) in [6.45, 7) is 0.874. The lowest BCUT2D eigenvalue weighted by Crippen LogP contribution is -2.61. The Kier molecular flexibility index (Phi) is 7.92. The minimum atomic E-state index is -5.68. The van der Waals surface area contributed by atoms with Gasteiger partial charge < -0.3 is 20.1 Å². The number of anilines is 2. The topological polar surface area (TPSA) is 178 Å². The number of H-pyrrole nitrogens is 1. The van der Waals surface area contributed by atoms with Gasteiger partial charge in [-0.3, -0.25) is 23.9 Å². The second-order valence-corrected chi connectivity index (χ2v) is 10.8. The summed E-state index contributed by atoms with van der Waals surface area (Å²) >= 11 is 0. The van der Waals surface area contributed by atoms with Crippen molar-refractivity contribution in [3.8, 4) is 11.5 Å². The molecule has 1 aromatic heterocycles. The summed E-state index contributed by atoms with van der Waals surface area (Å²) in [4.78, 5) is 50.8. The van der Waals surface area contributed by atoms with E-state index in [1.807, 2.05) is 5.32 Å². The molecule has 2 amide bonds. The van der Waals surface area contributed by atoms with E-state index in [1.54, 1.807) is 23.2 Å². The van der Waals surface area contributed by atoms with Gasteiger partial charge in [-0.1, -0.05) is 6.07 Å². The third-order valence-corrected chi connectivity index (χ3v) is 7.88. The van der Waals surface area contributed by atoms with Crippen LogP contribution in [0.4, 0.5) is 24.7 Å². The van der Waals surface area contributed by atoms with Crippen molar-refractivity contribution in [1.29, 1.82) is 0 Å². The summed E-state index contributed by atoms with van der Waals surface area (Å²) in [6, 6.07) is 8.80. The number of hydrogen-bond donors (Lipinski definition) is 4. The molecule has 0 saturated heterocycles. The van der Waals surface area contributed by atoms with Crippen LogP contribution in [0.3, 0.4) is 0 Å². The largest absolute Gasteiger partial charge is 0.493 e. The second-order valence-electron chi connectivity index (χ2n) is 9.09. The van der Waals surface area contributed by atoms with E-state index < -0.39 is 61.1 Å². The number of alkyl halides is 3. The van der Waals surface area contributed by atoms with E-state index in [9.17, 15) is 40.8 Å². The summed E-state index contributed by atoms with van der Waals surface area (Å²) in [5.74, 6) is -2.47. The molecule has 13 nitrogen and oxygen atoms in total. The van der Waals surface area contributed by atoms with Crippen molar-refractivity contribution < 1.29 is 40.7 Å². The molecule has 0 unspecified atom stereocenters. The zero-order valence-electron chi connectivity index (χ0n) is 22.2. The molecule has 2 aromatic carbocycles. The van der Waals surface area contributed by atoms with Crippen molar-refractivity contribution in [3.05, 3.63) is 74.4 Å². The minimum Gasteiger partial charge on any atom is -0.493 e. The van der Waals surface area contributed by atoms with E-state index >= 15 is 0 Å². The third kappa shape index (κ3) is 5.35. The van der Waals surface area contributed by atoms with Crippen molar-refractivity contribution in [3.63, 3.8) is 0 Å². The number of rotatable bonds is 9. The molecule has 1 aliphatic rings. The lowest BCUT2D eigenvalue weighted by atomic mass is 9.93. The predicted molar refractivity (Wildman–Crippen MR) is 142 cm³/mol. The molecule has 1 aliphatic heterocycles. The third-order valence-electron chi connectivity index (χ3n) is 6.42. The number of ether oxygens (including phenoxy) is 2. The highest BCUT2D eigenvalue weighted by molar-refractivity contribution is 7.89. The van der Waals surface area contributed by atoms with Gasteiger partial charge in [0.25, 0.3) is 11.5 Å². The Morgan fingerprint density at radius 2 is 1.67 bits per heavy atom. The molecule has 0 spiro atoms. The molecule has 0 bridgehead atoms. The van der Waals surface area contributed by atoms with Gasteiger partial charge >= 0.3 is 11.9 Å². The molecule has 0 radical (unpaired) electrons. The molecular weight excluding hydrogens is 587 g/mol. The van der Waals surface area contributed by atoms with Crippen LogP contribution in [0.5, 0.6) is 11.5 Å². The first kappa shape index (κ1) is 30.3. The number of aromatic nitrogens is 2. The average Bonchev–Trinajstić information content (AvgIpc) is 3.20. The maximum absolute atomic E-state index is 14.7. The zero-order valence-corrected chi connectivity index (χ0v) is 23.0. The van der Waals surface area contributed by atoms with Crippen molar-refractivity contribution in [1.82, 2.24) is 14.3 Å². The van der Waals surface area contributed by atoms with E-state index in [4.69, 9.17) is 9.47 Å². The Hall–Kier alpha value is -4.64. The molecule has 0 saturated carbocycles. The van der Waals surface area contributed by atoms with Crippen LogP contribution in [-0.4, -0.2) is 50.2 Å². The number of methoxy groups -OCH3 is 2. The monoisotopic (exact) mass is 611 g/mol. The van der Waals surface area contributed by atoms with Crippen LogP contribution in [0.15, 0.2) is 56.9 Å². The number of carbonyl (C=O) groups is 2. The van der Waals surface area contributed by atoms with E-state index in [1.165, 1.54) is 25.9 Å². The number of benzene rings is 2. The van der Waals surface area contributed by atoms with Crippen LogP contribution in [0, 0.1) is 0 Å². The van der Waals surface area contributed by atoms with Gasteiger partial charge in [-0.25, -0.2) is 13.2 Å². The molecule has 17 heteroatoms. The summed E-state index contributed by atoms with van der Waals surface area (Å²) in [7, 11) is -2.31. The molecular formula is C25H24F3N5O8S. The van der Waals surface area contributed by atoms with Crippen LogP contribution < -0.4 is 36.1 Å². The van der Waals surface area contributed by atoms with Gasteiger partial charge in [0, 0.05) is 19.2 Å². The maximum atomic E-state index is 14.7. The summed E-state index contributed by atoms with van der Waals surface area (Å²) in [5.41, 5.74) is -7.44. The van der Waals surface area contributed by atoms with E-state index in [2.05, 4.69) is 5.32 Å². The maximum Gasteiger partial charge on any atom is 0.421 e. The van der Waals surface area contributed by atoms with Crippen molar-refractivity contribution in [2.75, 3.05) is 24.9 Å². The Morgan fingerprint density at radius 1 is 1.02 bits per heavy atom. The number of halogens is 3. The van der Waals surface area contributed by atoms with Crippen molar-refractivity contribution in [2.45, 2.75) is 36.5 Å². The summed E-state index contributed by atoms with van der Waals surface area (Å²) in [6.07, 6.45) is -5.65. The smallest absolute Gasteiger partial charge is 0.421 e. The molecule has 1 atom stereocenters. The quantitative estimate of drug-likeness (QED) is 0.281. The minimum absolute atomic E-state index is 0.0278. The summed E-state index contributed by atoms with van der Waals surface area (Å²) < 4.78 is 82.9. The van der Waals surface area contributed by atoms with E-state index in [0.29, 0.717) is 21.6 Å². The first-order chi connectivity index (χ1) is 19.6. The average molecular weight is 612 g/mol. The number of fused-ring (bicyclic) bond motifs is 1. The van der Waals surface area contributed by atoms with Gasteiger partial charge in [0.1, 0.15) is 5.82 Å². The van der Waals surface area contributed by atoms with Crippen LogP contribution >= 0.6 is 0 Å². The Morgan fingerprint density at radius 3 is 2.24 bits per heavy atom. The van der Waals surface area contributed by atoms with Gasteiger partial charge in [0.2, 0.25) is 21.5 Å². The standard InChI is InChI=1S/C25H24F3N5O8S/c1-13(34)29-15-5-7-16(8-6-15)42(38,39)32-24(25(26,27)28)19-20(30-22(24)36)33(23(37)31-21(19)35)11-10-14-4-9-17(40-2)18(12-14)41-3/h4-9,12,32H,10-11H2,1-3H3,(H,29,34)(H,30,36)(H,31,35,37)/t24-/m0/s1. The molecule has 4 N–H and O–H groups in total. The van der Waals surface area contributed by atoms with Crippen LogP contribution in [0.25, 0.3) is 0 Å². The Balaban J connectivity index is 1.78. The van der Waals surface area contributed by atoms with Crippen LogP contribution in [0.1, 0.15) is 18.1 Å². The first-order valence-corrected chi connectivity index (χ1v) is 13.5.